The number of ether oxygens (including phenoxy) is 5. The van der Waals surface area contributed by atoms with Crippen molar-refractivity contribution in [1.29, 1.82) is 0 Å². The van der Waals surface area contributed by atoms with E-state index >= 15 is 0 Å². The minimum absolute atomic E-state index is 0.344. The Morgan fingerprint density at radius 2 is 1.26 bits per heavy atom. The van der Waals surface area contributed by atoms with Crippen LogP contribution < -0.4 is 5.32 Å². The second kappa shape index (κ2) is 15.5. The van der Waals surface area contributed by atoms with Gasteiger partial charge in [0.1, 0.15) is 12.7 Å². The Morgan fingerprint density at radius 3 is 1.70 bits per heavy atom. The number of carbonyl (C=O) groups is 4. The molecule has 0 spiro atoms. The van der Waals surface area contributed by atoms with Crippen LogP contribution in [0.3, 0.4) is 0 Å². The van der Waals surface area contributed by atoms with Gasteiger partial charge in [-0.25, -0.2) is 0 Å². The molecule has 1 N–H and O–H groups in total. The molecule has 0 aromatic heterocycles. The quantitative estimate of drug-likeness (QED) is 0.161. The number of benzene rings is 1. The highest BCUT2D eigenvalue weighted by molar-refractivity contribution is 6.30. The topological polar surface area (TPSA) is 126 Å². The Hall–Kier alpha value is -2.95. The minimum Gasteiger partial charge on any atom is -0.462 e. The lowest BCUT2D eigenvalue weighted by atomic mass is 9.92. The van der Waals surface area contributed by atoms with Crippen LogP contribution in [-0.2, 0) is 42.9 Å². The van der Waals surface area contributed by atoms with Gasteiger partial charge in [0, 0.05) is 11.1 Å². The third kappa shape index (κ3) is 11.6. The number of carbonyl (C=O) groups excluding carboxylic acids is 4. The van der Waals surface area contributed by atoms with Crippen LogP contribution in [0.4, 0.5) is 0 Å². The van der Waals surface area contributed by atoms with Gasteiger partial charge < -0.3 is 23.7 Å². The van der Waals surface area contributed by atoms with Crippen molar-refractivity contribution in [2.75, 3.05) is 6.61 Å². The summed E-state index contributed by atoms with van der Waals surface area (Å²) in [5, 5.41) is 3.91. The van der Waals surface area contributed by atoms with Gasteiger partial charge in [0.15, 0.2) is 24.5 Å². The summed E-state index contributed by atoms with van der Waals surface area (Å²) in [6.07, 6.45) is -4.11. The van der Waals surface area contributed by atoms with E-state index in [4.69, 9.17) is 35.3 Å². The number of rotatable bonds is 10. The Labute approximate surface area is 285 Å². The zero-order chi connectivity index (χ0) is 36.1. The maximum atomic E-state index is 13.5. The lowest BCUT2D eigenvalue weighted by Gasteiger charge is -2.47. The van der Waals surface area contributed by atoms with Gasteiger partial charge in [-0.1, -0.05) is 29.8 Å². The summed E-state index contributed by atoms with van der Waals surface area (Å²) in [6.45, 7) is 23.8. The highest BCUT2D eigenvalue weighted by atomic mass is 35.5. The molecule has 1 fully saturated rings. The molecule has 2 rings (SSSR count). The third-order valence-electron chi connectivity index (χ3n) is 7.21. The van der Waals surface area contributed by atoms with Gasteiger partial charge in [-0.2, -0.15) is 0 Å². The zero-order valence-corrected chi connectivity index (χ0v) is 30.8. The molecule has 0 bridgehead atoms. The van der Waals surface area contributed by atoms with Crippen molar-refractivity contribution in [1.82, 2.24) is 5.32 Å². The van der Waals surface area contributed by atoms with Gasteiger partial charge in [0.25, 0.3) is 0 Å². The van der Waals surface area contributed by atoms with Crippen LogP contribution in [0.1, 0.15) is 101 Å². The summed E-state index contributed by atoms with van der Waals surface area (Å²) in [5.41, 5.74) is -2.93. The van der Waals surface area contributed by atoms with Crippen molar-refractivity contribution in [3.63, 3.8) is 0 Å². The molecule has 1 aliphatic heterocycles. The Morgan fingerprint density at radius 1 is 0.787 bits per heavy atom. The molecule has 1 aliphatic rings. The number of esters is 4. The normalized spacial score (nSPS) is 22.9. The molecule has 0 saturated carbocycles. The van der Waals surface area contributed by atoms with E-state index in [2.05, 4.69) is 11.9 Å². The number of hydrogen-bond donors (Lipinski definition) is 1. The summed E-state index contributed by atoms with van der Waals surface area (Å²) in [4.78, 5) is 53.2. The van der Waals surface area contributed by atoms with Crippen LogP contribution in [0.15, 0.2) is 36.9 Å². The summed E-state index contributed by atoms with van der Waals surface area (Å²) < 4.78 is 30.4. The maximum absolute atomic E-state index is 13.5. The summed E-state index contributed by atoms with van der Waals surface area (Å²) in [7, 11) is 0. The van der Waals surface area contributed by atoms with E-state index in [0.717, 1.165) is 5.56 Å². The fourth-order valence-corrected chi connectivity index (χ4v) is 4.45. The molecule has 1 aromatic carbocycles. The van der Waals surface area contributed by atoms with Gasteiger partial charge in [-0.3, -0.25) is 24.5 Å². The van der Waals surface area contributed by atoms with Crippen molar-refractivity contribution in [2.45, 2.75) is 126 Å². The molecular formula is C36H54ClNO9. The smallest absolute Gasteiger partial charge is 0.311 e. The van der Waals surface area contributed by atoms with Gasteiger partial charge in [-0.15, -0.1) is 6.58 Å². The van der Waals surface area contributed by atoms with E-state index < -0.39 is 82.2 Å². The Kier molecular flexibility index (Phi) is 13.3. The largest absolute Gasteiger partial charge is 0.462 e. The first-order valence-electron chi connectivity index (χ1n) is 15.9. The number of nitrogens with one attached hydrogen (secondary N) is 1. The molecule has 1 saturated heterocycles. The van der Waals surface area contributed by atoms with E-state index in [1.54, 1.807) is 107 Å². The lowest BCUT2D eigenvalue weighted by Crippen LogP contribution is -2.66. The molecule has 0 radical (unpaired) electrons. The van der Waals surface area contributed by atoms with E-state index in [-0.39, 0.29) is 6.61 Å². The van der Waals surface area contributed by atoms with Gasteiger partial charge in [0.2, 0.25) is 0 Å². The highest BCUT2D eigenvalue weighted by Crippen LogP contribution is 2.35. The molecule has 0 aliphatic carbocycles. The predicted molar refractivity (Wildman–Crippen MR) is 179 cm³/mol. The summed E-state index contributed by atoms with van der Waals surface area (Å²) in [6, 6.07) is 6.77. The summed E-state index contributed by atoms with van der Waals surface area (Å²) in [5.74, 6) is -2.36. The molecule has 0 amide bonds. The van der Waals surface area contributed by atoms with Crippen molar-refractivity contribution in [3.8, 4) is 0 Å². The molecule has 10 nitrogen and oxygen atoms in total. The van der Waals surface area contributed by atoms with Crippen LogP contribution in [0.5, 0.6) is 0 Å². The molecular weight excluding hydrogens is 626 g/mol. The fraction of sp³-hybridized carbons (Fsp3) is 0.667. The molecule has 6 atom stereocenters. The molecule has 1 heterocycles. The van der Waals surface area contributed by atoms with Gasteiger partial charge in [-0.05, 0) is 107 Å². The van der Waals surface area contributed by atoms with E-state index in [1.165, 1.54) is 0 Å². The molecule has 1 aromatic rings. The van der Waals surface area contributed by atoms with Crippen molar-refractivity contribution < 1.29 is 42.9 Å². The van der Waals surface area contributed by atoms with Gasteiger partial charge in [0.05, 0.1) is 21.7 Å². The SMILES string of the molecule is C=CC[C@H](N[C@@H]1O[C@H](COC(=O)C(C)(C)C)[C@H](OC(=O)C(C)(C)C)[C@H](OC(=O)C(C)(C)C)[C@H]1OC(=O)C(C)(C)C)c1cccc(Cl)c1. The average Bonchev–Trinajstić information content (AvgIpc) is 2.92. The molecule has 264 valence electrons. The van der Waals surface area contributed by atoms with Crippen LogP contribution in [-0.4, -0.2) is 61.1 Å². The first-order chi connectivity index (χ1) is 21.4. The fourth-order valence-electron chi connectivity index (χ4n) is 4.25. The van der Waals surface area contributed by atoms with Crippen molar-refractivity contribution in [2.24, 2.45) is 21.7 Å². The maximum Gasteiger partial charge on any atom is 0.311 e. The lowest BCUT2D eigenvalue weighted by molar-refractivity contribution is -0.266. The minimum atomic E-state index is -1.35. The Bertz CT molecular complexity index is 1280. The number of hydrogen-bond acceptors (Lipinski definition) is 10. The first kappa shape index (κ1) is 40.2. The molecule has 0 unspecified atom stereocenters. The standard InChI is InChI=1S/C36H54ClNO9/c1-14-16-23(21-17-15-18-22(37)19-21)38-28-27(47-32(42)36(11,12)13)26(46-31(41)35(8,9)10)25(45-30(40)34(5,6)7)24(44-28)20-43-29(39)33(2,3)4/h14-15,17-19,23-28,38H,1,16,20H2,2-13H3/t23-,24+,25-,26-,27+,28+/m0/s1. The van der Waals surface area contributed by atoms with E-state index in [9.17, 15) is 19.2 Å². The van der Waals surface area contributed by atoms with Gasteiger partial charge >= 0.3 is 23.9 Å². The Balaban J connectivity index is 2.78. The molecule has 47 heavy (non-hydrogen) atoms. The van der Waals surface area contributed by atoms with Crippen LogP contribution in [0.2, 0.25) is 5.02 Å². The van der Waals surface area contributed by atoms with Crippen LogP contribution in [0.25, 0.3) is 0 Å². The van der Waals surface area contributed by atoms with E-state index in [0.29, 0.717) is 11.4 Å². The van der Waals surface area contributed by atoms with E-state index in [1.807, 2.05) is 6.07 Å². The van der Waals surface area contributed by atoms with Crippen LogP contribution in [0, 0.1) is 21.7 Å². The zero-order valence-electron chi connectivity index (χ0n) is 30.0. The highest BCUT2D eigenvalue weighted by Gasteiger charge is 2.55. The van der Waals surface area contributed by atoms with Crippen LogP contribution >= 0.6 is 11.6 Å². The second-order valence-corrected chi connectivity index (χ2v) is 16.5. The predicted octanol–water partition coefficient (Wildman–Crippen LogP) is 6.73. The number of halogens is 1. The second-order valence-electron chi connectivity index (χ2n) is 16.1. The monoisotopic (exact) mass is 679 g/mol. The van der Waals surface area contributed by atoms with Crippen molar-refractivity contribution >= 4 is 35.5 Å². The van der Waals surface area contributed by atoms with Crippen molar-refractivity contribution in [3.05, 3.63) is 47.5 Å². The molecule has 11 heteroatoms. The average molecular weight is 680 g/mol. The summed E-state index contributed by atoms with van der Waals surface area (Å²) >= 11 is 6.33. The third-order valence-corrected chi connectivity index (χ3v) is 7.45. The first-order valence-corrected chi connectivity index (χ1v) is 16.3.